The zero-order valence-corrected chi connectivity index (χ0v) is 20.0. The third-order valence-corrected chi connectivity index (χ3v) is 5.85. The number of hydrogen-bond acceptors (Lipinski definition) is 6. The summed E-state index contributed by atoms with van der Waals surface area (Å²) < 4.78 is 20.2. The highest BCUT2D eigenvalue weighted by atomic mass is 35.5. The van der Waals surface area contributed by atoms with Crippen molar-refractivity contribution in [1.29, 1.82) is 0 Å². The van der Waals surface area contributed by atoms with E-state index in [1.54, 1.807) is 41.0 Å². The largest absolute Gasteiger partial charge is 0.450 e. The Labute approximate surface area is 201 Å². The lowest BCUT2D eigenvalue weighted by atomic mass is 10.1. The second kappa shape index (κ2) is 9.80. The summed E-state index contributed by atoms with van der Waals surface area (Å²) in [6, 6.07) is 9.56. The van der Waals surface area contributed by atoms with Crippen LogP contribution in [0.3, 0.4) is 0 Å². The number of fused-ring (bicyclic) bond motifs is 1. The van der Waals surface area contributed by atoms with Gasteiger partial charge < -0.3 is 19.4 Å². The van der Waals surface area contributed by atoms with E-state index in [0.717, 1.165) is 5.39 Å². The van der Waals surface area contributed by atoms with E-state index in [9.17, 15) is 9.59 Å². The van der Waals surface area contributed by atoms with E-state index in [1.165, 1.54) is 12.1 Å². The van der Waals surface area contributed by atoms with Gasteiger partial charge >= 0.3 is 6.09 Å². The van der Waals surface area contributed by atoms with Gasteiger partial charge in [-0.1, -0.05) is 11.6 Å². The summed E-state index contributed by atoms with van der Waals surface area (Å²) in [7, 11) is 3.68. The van der Waals surface area contributed by atoms with Crippen LogP contribution in [0.2, 0.25) is 5.02 Å². The molecule has 0 N–H and O–H groups in total. The fraction of sp³-hybridized carbons (Fsp3) is 0.333. The average Bonchev–Trinajstić information content (AvgIpc) is 2.83. The number of rotatable bonds is 4. The molecular formula is C24H25ClFN5O3. The van der Waals surface area contributed by atoms with Crippen LogP contribution in [0.15, 0.2) is 36.4 Å². The number of amides is 2. The van der Waals surface area contributed by atoms with Gasteiger partial charge in [0.25, 0.3) is 5.91 Å². The van der Waals surface area contributed by atoms with Crippen LogP contribution < -0.4 is 4.90 Å². The number of hydrogen-bond donors (Lipinski definition) is 0. The Morgan fingerprint density at radius 3 is 2.41 bits per heavy atom. The molecule has 178 valence electrons. The molecule has 10 heteroatoms. The van der Waals surface area contributed by atoms with Crippen molar-refractivity contribution >= 4 is 40.3 Å². The summed E-state index contributed by atoms with van der Waals surface area (Å²) in [5.41, 5.74) is 1.06. The topological polar surface area (TPSA) is 78.9 Å². The SMILES string of the molecule is CCOC(=O)N1CCN(C(=O)c2ccc(-c3nc(N(C)C)c4cc(Cl)ccc4n3)c(F)c2)CC1. The molecule has 0 atom stereocenters. The maximum Gasteiger partial charge on any atom is 0.409 e. The molecule has 2 heterocycles. The van der Waals surface area contributed by atoms with Gasteiger partial charge in [-0.05, 0) is 43.3 Å². The Morgan fingerprint density at radius 2 is 1.76 bits per heavy atom. The molecule has 0 radical (unpaired) electrons. The Hall–Kier alpha value is -3.46. The van der Waals surface area contributed by atoms with Gasteiger partial charge in [-0.15, -0.1) is 0 Å². The van der Waals surface area contributed by atoms with Crippen molar-refractivity contribution in [3.05, 3.63) is 52.8 Å². The highest BCUT2D eigenvalue weighted by Gasteiger charge is 2.26. The second-order valence-corrected chi connectivity index (χ2v) is 8.54. The average molecular weight is 486 g/mol. The number of piperazine rings is 1. The van der Waals surface area contributed by atoms with Crippen LogP contribution in [0, 0.1) is 5.82 Å². The third kappa shape index (κ3) is 4.75. The van der Waals surface area contributed by atoms with E-state index in [2.05, 4.69) is 9.97 Å². The Bertz CT molecular complexity index is 1240. The maximum atomic E-state index is 15.2. The van der Waals surface area contributed by atoms with Gasteiger partial charge in [-0.2, -0.15) is 0 Å². The first kappa shape index (κ1) is 23.7. The highest BCUT2D eigenvalue weighted by Crippen LogP contribution is 2.30. The predicted octanol–water partition coefficient (Wildman–Crippen LogP) is 4.07. The molecule has 4 rings (SSSR count). The molecule has 0 bridgehead atoms. The molecular weight excluding hydrogens is 461 g/mol. The van der Waals surface area contributed by atoms with E-state index in [-0.39, 0.29) is 29.0 Å². The van der Waals surface area contributed by atoms with Crippen molar-refractivity contribution in [3.8, 4) is 11.4 Å². The molecule has 8 nitrogen and oxygen atoms in total. The summed E-state index contributed by atoms with van der Waals surface area (Å²) in [6.07, 6.45) is -0.389. The molecule has 1 aliphatic rings. The number of aromatic nitrogens is 2. The van der Waals surface area contributed by atoms with Crippen molar-refractivity contribution < 1.29 is 18.7 Å². The monoisotopic (exact) mass is 485 g/mol. The number of ether oxygens (including phenoxy) is 1. The van der Waals surface area contributed by atoms with E-state index in [0.29, 0.717) is 49.1 Å². The minimum atomic E-state index is -0.589. The molecule has 34 heavy (non-hydrogen) atoms. The molecule has 1 aromatic heterocycles. The molecule has 2 aromatic carbocycles. The van der Waals surface area contributed by atoms with Gasteiger partial charge in [0.1, 0.15) is 11.6 Å². The van der Waals surface area contributed by atoms with Crippen LogP contribution in [-0.4, -0.2) is 78.6 Å². The van der Waals surface area contributed by atoms with Crippen molar-refractivity contribution in [1.82, 2.24) is 19.8 Å². The number of nitrogens with zero attached hydrogens (tertiary/aromatic N) is 5. The Balaban J connectivity index is 1.57. The molecule has 0 spiro atoms. The van der Waals surface area contributed by atoms with Crippen LogP contribution in [0.25, 0.3) is 22.3 Å². The number of benzene rings is 2. The Morgan fingerprint density at radius 1 is 1.06 bits per heavy atom. The lowest BCUT2D eigenvalue weighted by molar-refractivity contribution is 0.0570. The lowest BCUT2D eigenvalue weighted by Gasteiger charge is -2.34. The van der Waals surface area contributed by atoms with Gasteiger partial charge in [0.15, 0.2) is 5.82 Å². The molecule has 2 amide bonds. The van der Waals surface area contributed by atoms with Crippen LogP contribution in [0.4, 0.5) is 15.0 Å². The lowest BCUT2D eigenvalue weighted by Crippen LogP contribution is -2.50. The Kier molecular flexibility index (Phi) is 6.83. The zero-order chi connectivity index (χ0) is 24.4. The van der Waals surface area contributed by atoms with E-state index in [1.807, 2.05) is 19.0 Å². The van der Waals surface area contributed by atoms with Crippen LogP contribution in [0.5, 0.6) is 0 Å². The number of carbonyl (C=O) groups is 2. The summed E-state index contributed by atoms with van der Waals surface area (Å²) in [5.74, 6) is -0.0503. The molecule has 0 aliphatic carbocycles. The van der Waals surface area contributed by atoms with Crippen LogP contribution in [-0.2, 0) is 4.74 Å². The quantitative estimate of drug-likeness (QED) is 0.554. The van der Waals surface area contributed by atoms with Crippen molar-refractivity contribution in [2.24, 2.45) is 0 Å². The normalized spacial score (nSPS) is 13.8. The summed E-state index contributed by atoms with van der Waals surface area (Å²) >= 11 is 6.13. The second-order valence-electron chi connectivity index (χ2n) is 8.10. The number of carbonyl (C=O) groups excluding carboxylic acids is 2. The van der Waals surface area contributed by atoms with Crippen molar-refractivity contribution in [2.75, 3.05) is 51.8 Å². The van der Waals surface area contributed by atoms with Gasteiger partial charge in [-0.3, -0.25) is 4.79 Å². The van der Waals surface area contributed by atoms with E-state index < -0.39 is 5.82 Å². The van der Waals surface area contributed by atoms with Gasteiger partial charge in [0.05, 0.1) is 17.7 Å². The predicted molar refractivity (Wildman–Crippen MR) is 129 cm³/mol. The molecule has 0 saturated carbocycles. The molecule has 0 unspecified atom stereocenters. The van der Waals surface area contributed by atoms with Gasteiger partial charge in [0, 0.05) is 56.2 Å². The summed E-state index contributed by atoms with van der Waals surface area (Å²) in [5, 5.41) is 1.32. The van der Waals surface area contributed by atoms with Crippen LogP contribution in [0.1, 0.15) is 17.3 Å². The molecule has 3 aromatic rings. The third-order valence-electron chi connectivity index (χ3n) is 5.61. The fourth-order valence-corrected chi connectivity index (χ4v) is 4.04. The first-order valence-electron chi connectivity index (χ1n) is 10.9. The fourth-order valence-electron chi connectivity index (χ4n) is 3.86. The van der Waals surface area contributed by atoms with Crippen molar-refractivity contribution in [3.63, 3.8) is 0 Å². The molecule has 1 saturated heterocycles. The first-order valence-corrected chi connectivity index (χ1v) is 11.3. The number of halogens is 2. The number of anilines is 1. The minimum Gasteiger partial charge on any atom is -0.450 e. The smallest absolute Gasteiger partial charge is 0.409 e. The van der Waals surface area contributed by atoms with Gasteiger partial charge in [-0.25, -0.2) is 19.2 Å². The van der Waals surface area contributed by atoms with E-state index >= 15 is 4.39 Å². The maximum absolute atomic E-state index is 15.2. The first-order chi connectivity index (χ1) is 16.3. The summed E-state index contributed by atoms with van der Waals surface area (Å²) in [6.45, 7) is 3.48. The highest BCUT2D eigenvalue weighted by molar-refractivity contribution is 6.31. The van der Waals surface area contributed by atoms with Gasteiger partial charge in [0.2, 0.25) is 0 Å². The van der Waals surface area contributed by atoms with Crippen molar-refractivity contribution in [2.45, 2.75) is 6.92 Å². The molecule has 1 fully saturated rings. The minimum absolute atomic E-state index is 0.198. The summed E-state index contributed by atoms with van der Waals surface area (Å²) in [4.78, 5) is 38.8. The standard InChI is InChI=1S/C24H25ClFN5O3/c1-4-34-24(33)31-11-9-30(10-12-31)23(32)15-5-7-17(19(26)13-15)21-27-20-8-6-16(25)14-18(20)22(28-21)29(2)3/h5-8,13-14H,4,9-12H2,1-3H3. The molecule has 1 aliphatic heterocycles. The van der Waals surface area contributed by atoms with E-state index in [4.69, 9.17) is 16.3 Å². The van der Waals surface area contributed by atoms with Crippen LogP contribution >= 0.6 is 11.6 Å². The zero-order valence-electron chi connectivity index (χ0n) is 19.2.